The van der Waals surface area contributed by atoms with E-state index in [0.717, 1.165) is 38.6 Å². The van der Waals surface area contributed by atoms with E-state index in [2.05, 4.69) is 11.8 Å². The summed E-state index contributed by atoms with van der Waals surface area (Å²) in [6.45, 7) is 7.35. The van der Waals surface area contributed by atoms with Crippen LogP contribution in [-0.4, -0.2) is 43.8 Å². The van der Waals surface area contributed by atoms with Gasteiger partial charge in [0.25, 0.3) is 0 Å². The van der Waals surface area contributed by atoms with E-state index in [-0.39, 0.29) is 0 Å². The fraction of sp³-hybridized carbons (Fsp3) is 1.00. The molecule has 0 spiro atoms. The molecule has 0 amide bonds. The van der Waals surface area contributed by atoms with Crippen LogP contribution in [0.25, 0.3) is 0 Å². The lowest BCUT2D eigenvalue weighted by Gasteiger charge is -2.40. The van der Waals surface area contributed by atoms with Gasteiger partial charge in [-0.25, -0.2) is 0 Å². The second-order valence-electron chi connectivity index (χ2n) is 5.52. The summed E-state index contributed by atoms with van der Waals surface area (Å²) in [4.78, 5) is 2.68. The van der Waals surface area contributed by atoms with Gasteiger partial charge in [-0.05, 0) is 50.6 Å². The summed E-state index contributed by atoms with van der Waals surface area (Å²) < 4.78 is 5.47. The molecule has 1 saturated heterocycles. The van der Waals surface area contributed by atoms with Crippen LogP contribution >= 0.6 is 0 Å². The van der Waals surface area contributed by atoms with E-state index in [4.69, 9.17) is 10.5 Å². The van der Waals surface area contributed by atoms with Crippen LogP contribution in [-0.2, 0) is 4.74 Å². The molecule has 16 heavy (non-hydrogen) atoms. The van der Waals surface area contributed by atoms with Crippen molar-refractivity contribution in [2.24, 2.45) is 11.1 Å². The van der Waals surface area contributed by atoms with Crippen LogP contribution in [0.3, 0.4) is 0 Å². The summed E-state index contributed by atoms with van der Waals surface area (Å²) in [5.41, 5.74) is 6.36. The minimum absolute atomic E-state index is 0.343. The topological polar surface area (TPSA) is 38.5 Å². The molecule has 2 rings (SSSR count). The van der Waals surface area contributed by atoms with Gasteiger partial charge in [-0.1, -0.05) is 6.92 Å². The minimum Gasteiger partial charge on any atom is -0.381 e. The number of ether oxygens (including phenoxy) is 1. The molecule has 0 aromatic heterocycles. The van der Waals surface area contributed by atoms with Crippen LogP contribution in [0.15, 0.2) is 0 Å². The van der Waals surface area contributed by atoms with E-state index in [1.165, 1.54) is 32.4 Å². The summed E-state index contributed by atoms with van der Waals surface area (Å²) in [5.74, 6) is 0. The van der Waals surface area contributed by atoms with Crippen molar-refractivity contribution < 1.29 is 4.74 Å². The van der Waals surface area contributed by atoms with Crippen molar-refractivity contribution >= 4 is 0 Å². The molecule has 0 aromatic carbocycles. The molecule has 94 valence electrons. The summed E-state index contributed by atoms with van der Waals surface area (Å²) in [6, 6.07) is 0.867. The van der Waals surface area contributed by atoms with E-state index >= 15 is 0 Å². The highest BCUT2D eigenvalue weighted by Gasteiger charge is 2.37. The number of rotatable bonds is 6. The van der Waals surface area contributed by atoms with Gasteiger partial charge in [0.1, 0.15) is 0 Å². The van der Waals surface area contributed by atoms with Crippen LogP contribution in [0.1, 0.15) is 39.0 Å². The van der Waals surface area contributed by atoms with E-state index < -0.39 is 0 Å². The number of nitrogens with two attached hydrogens (primary N) is 1. The Morgan fingerprint density at radius 3 is 2.50 bits per heavy atom. The molecule has 0 bridgehead atoms. The summed E-state index contributed by atoms with van der Waals surface area (Å²) in [6.07, 6.45) is 6.36. The van der Waals surface area contributed by atoms with E-state index in [1.807, 2.05) is 0 Å². The molecule has 1 aliphatic carbocycles. The average molecular weight is 226 g/mol. The number of hydrogen-bond donors (Lipinski definition) is 1. The molecule has 1 heterocycles. The Bertz CT molecular complexity index is 210. The number of hydrogen-bond acceptors (Lipinski definition) is 3. The first-order chi connectivity index (χ1) is 7.79. The van der Waals surface area contributed by atoms with Crippen LogP contribution in [0.2, 0.25) is 0 Å². The largest absolute Gasteiger partial charge is 0.381 e. The smallest absolute Gasteiger partial charge is 0.0472 e. The van der Waals surface area contributed by atoms with Gasteiger partial charge in [0.15, 0.2) is 0 Å². The fourth-order valence-corrected chi connectivity index (χ4v) is 2.78. The zero-order chi connectivity index (χ0) is 11.4. The van der Waals surface area contributed by atoms with Crippen molar-refractivity contribution in [1.82, 2.24) is 4.90 Å². The molecule has 3 nitrogen and oxygen atoms in total. The molecule has 1 saturated carbocycles. The molecule has 0 radical (unpaired) electrons. The molecule has 0 aromatic rings. The molecular weight excluding hydrogens is 200 g/mol. The summed E-state index contributed by atoms with van der Waals surface area (Å²) >= 11 is 0. The van der Waals surface area contributed by atoms with Gasteiger partial charge in [0.2, 0.25) is 0 Å². The normalized spacial score (nSPS) is 24.9. The van der Waals surface area contributed by atoms with Crippen LogP contribution in [0, 0.1) is 5.41 Å². The number of nitrogens with zero attached hydrogens (tertiary/aromatic N) is 1. The highest BCUT2D eigenvalue weighted by Crippen LogP contribution is 2.35. The van der Waals surface area contributed by atoms with Crippen molar-refractivity contribution in [1.29, 1.82) is 0 Å². The maximum absolute atomic E-state index is 6.02. The Kier molecular flexibility index (Phi) is 4.22. The Labute approximate surface area is 99.3 Å². The van der Waals surface area contributed by atoms with Crippen LogP contribution in [0.5, 0.6) is 0 Å². The third-order valence-corrected chi connectivity index (χ3v) is 4.10. The second kappa shape index (κ2) is 5.48. The molecule has 0 atom stereocenters. The molecule has 2 aliphatic rings. The van der Waals surface area contributed by atoms with Crippen molar-refractivity contribution in [2.75, 3.05) is 32.8 Å². The first-order valence-corrected chi connectivity index (χ1v) is 6.81. The summed E-state index contributed by atoms with van der Waals surface area (Å²) in [5, 5.41) is 0. The summed E-state index contributed by atoms with van der Waals surface area (Å²) in [7, 11) is 0. The molecule has 3 heteroatoms. The van der Waals surface area contributed by atoms with Gasteiger partial charge in [-0.2, -0.15) is 0 Å². The zero-order valence-corrected chi connectivity index (χ0v) is 10.6. The van der Waals surface area contributed by atoms with Crippen LogP contribution < -0.4 is 5.73 Å². The van der Waals surface area contributed by atoms with Gasteiger partial charge < -0.3 is 10.5 Å². The molecular formula is C13H26N2O. The Balaban J connectivity index is 1.91. The lowest BCUT2D eigenvalue weighted by molar-refractivity contribution is -0.00158. The highest BCUT2D eigenvalue weighted by atomic mass is 16.5. The van der Waals surface area contributed by atoms with Gasteiger partial charge in [-0.3, -0.25) is 4.90 Å². The quantitative estimate of drug-likeness (QED) is 0.748. The molecule has 2 N–H and O–H groups in total. The van der Waals surface area contributed by atoms with Crippen LogP contribution in [0.4, 0.5) is 0 Å². The lowest BCUT2D eigenvalue weighted by atomic mass is 9.79. The predicted molar refractivity (Wildman–Crippen MR) is 66.4 cm³/mol. The van der Waals surface area contributed by atoms with E-state index in [0.29, 0.717) is 5.41 Å². The Morgan fingerprint density at radius 1 is 1.31 bits per heavy atom. The molecule has 0 unspecified atom stereocenters. The Morgan fingerprint density at radius 2 is 2.00 bits per heavy atom. The highest BCUT2D eigenvalue weighted by molar-refractivity contribution is 4.92. The SMILES string of the molecule is CCCN(CC1(CN)CCOCC1)C1CC1. The van der Waals surface area contributed by atoms with Crippen molar-refractivity contribution in [2.45, 2.75) is 45.1 Å². The van der Waals surface area contributed by atoms with Crippen molar-refractivity contribution in [3.63, 3.8) is 0 Å². The standard InChI is InChI=1S/C13H26N2O/c1-2-7-15(12-3-4-12)11-13(10-14)5-8-16-9-6-13/h12H,2-11,14H2,1H3. The van der Waals surface area contributed by atoms with Crippen molar-refractivity contribution in [3.8, 4) is 0 Å². The predicted octanol–water partition coefficient (Wildman–Crippen LogP) is 1.62. The lowest BCUT2D eigenvalue weighted by Crippen LogP contribution is -2.47. The zero-order valence-electron chi connectivity index (χ0n) is 10.6. The maximum Gasteiger partial charge on any atom is 0.0472 e. The molecule has 1 aliphatic heterocycles. The van der Waals surface area contributed by atoms with Gasteiger partial charge >= 0.3 is 0 Å². The van der Waals surface area contributed by atoms with Gasteiger partial charge in [0.05, 0.1) is 0 Å². The second-order valence-corrected chi connectivity index (χ2v) is 5.52. The average Bonchev–Trinajstić information content (AvgIpc) is 3.14. The molecule has 2 fully saturated rings. The van der Waals surface area contributed by atoms with Gasteiger partial charge in [0, 0.05) is 25.8 Å². The first kappa shape index (κ1) is 12.3. The maximum atomic E-state index is 6.02. The third-order valence-electron chi connectivity index (χ3n) is 4.10. The van der Waals surface area contributed by atoms with E-state index in [9.17, 15) is 0 Å². The first-order valence-electron chi connectivity index (χ1n) is 6.81. The van der Waals surface area contributed by atoms with E-state index in [1.54, 1.807) is 0 Å². The Hall–Kier alpha value is -0.120. The third kappa shape index (κ3) is 2.96. The van der Waals surface area contributed by atoms with Gasteiger partial charge in [-0.15, -0.1) is 0 Å². The fourth-order valence-electron chi connectivity index (χ4n) is 2.78. The monoisotopic (exact) mass is 226 g/mol. The minimum atomic E-state index is 0.343. The van der Waals surface area contributed by atoms with Crippen molar-refractivity contribution in [3.05, 3.63) is 0 Å².